The molecule has 4 heterocycles. The highest BCUT2D eigenvalue weighted by molar-refractivity contribution is 7.98. The molecule has 0 spiro atoms. The topological polar surface area (TPSA) is 84.2 Å². The van der Waals surface area contributed by atoms with Gasteiger partial charge in [-0.1, -0.05) is 12.6 Å². The number of hydrogen-bond donors (Lipinski definition) is 0. The van der Waals surface area contributed by atoms with E-state index in [1.165, 1.54) is 34.5 Å². The van der Waals surface area contributed by atoms with Gasteiger partial charge in [-0.05, 0) is 56.0 Å². The van der Waals surface area contributed by atoms with E-state index in [4.69, 9.17) is 0 Å². The molecule has 5 rings (SSSR count). The van der Waals surface area contributed by atoms with E-state index in [9.17, 15) is 9.59 Å². The Labute approximate surface area is 242 Å². The summed E-state index contributed by atoms with van der Waals surface area (Å²) in [7, 11) is 2.60. The Kier molecular flexibility index (Phi) is 8.20. The number of amides is 1. The Hall–Kier alpha value is -3.69. The van der Waals surface area contributed by atoms with Crippen LogP contribution in [-0.4, -0.2) is 62.3 Å². The van der Waals surface area contributed by atoms with Crippen molar-refractivity contribution >= 4 is 43.8 Å². The second-order valence-corrected chi connectivity index (χ2v) is 11.0. The Morgan fingerprint density at radius 2 is 2.00 bits per heavy atom. The number of halogens is 2. The summed E-state index contributed by atoms with van der Waals surface area (Å²) in [5.74, 6) is -1.29. The van der Waals surface area contributed by atoms with Crippen LogP contribution in [0.1, 0.15) is 18.2 Å². The number of aromatic nitrogens is 4. The average Bonchev–Trinajstić information content (AvgIpc) is 2.96. The lowest BCUT2D eigenvalue weighted by Crippen LogP contribution is -2.54. The molecule has 4 aromatic rings. The zero-order chi connectivity index (χ0) is 29.4. The third kappa shape index (κ3) is 5.13. The first-order valence-electron chi connectivity index (χ1n) is 13.0. The van der Waals surface area contributed by atoms with Gasteiger partial charge >= 0.3 is 5.69 Å². The van der Waals surface area contributed by atoms with Crippen LogP contribution in [0.5, 0.6) is 0 Å². The Bertz CT molecular complexity index is 1750. The molecule has 8 nitrogen and oxygen atoms in total. The molecular weight excluding hydrogens is 565 g/mol. The molecule has 41 heavy (non-hydrogen) atoms. The molecular formula is C29H29F2N6O2PS. The molecule has 1 unspecified atom stereocenters. The molecule has 0 N–H and O–H groups in total. The Morgan fingerprint density at radius 3 is 2.68 bits per heavy atom. The van der Waals surface area contributed by atoms with Gasteiger partial charge in [0.15, 0.2) is 11.5 Å². The van der Waals surface area contributed by atoms with Gasteiger partial charge in [0, 0.05) is 42.9 Å². The number of piperazine rings is 1. The first-order valence-corrected chi connectivity index (χ1v) is 15.0. The number of thioether (sulfide) groups is 1. The molecule has 1 aromatic carbocycles. The van der Waals surface area contributed by atoms with E-state index in [0.717, 1.165) is 5.56 Å². The first kappa shape index (κ1) is 28.8. The molecule has 1 fully saturated rings. The predicted molar refractivity (Wildman–Crippen MR) is 162 cm³/mol. The van der Waals surface area contributed by atoms with E-state index >= 15 is 8.78 Å². The largest absolute Gasteiger partial charge is 0.355 e. The number of carbonyl (C=O) groups is 1. The van der Waals surface area contributed by atoms with Gasteiger partial charge in [-0.2, -0.15) is 4.98 Å². The molecule has 12 heteroatoms. The number of hydrogen-bond acceptors (Lipinski definition) is 7. The summed E-state index contributed by atoms with van der Waals surface area (Å²) in [5.41, 5.74) is 1.20. The first-order chi connectivity index (χ1) is 19.7. The highest BCUT2D eigenvalue weighted by Gasteiger charge is 2.30. The van der Waals surface area contributed by atoms with E-state index in [0.29, 0.717) is 47.5 Å². The van der Waals surface area contributed by atoms with Crippen LogP contribution in [0.15, 0.2) is 58.9 Å². The molecule has 1 amide bonds. The fourth-order valence-corrected chi connectivity index (χ4v) is 6.18. The molecule has 3 aromatic heterocycles. The van der Waals surface area contributed by atoms with E-state index < -0.39 is 17.3 Å². The van der Waals surface area contributed by atoms with Gasteiger partial charge < -0.3 is 9.80 Å². The van der Waals surface area contributed by atoms with Crippen molar-refractivity contribution in [3.05, 3.63) is 82.6 Å². The molecule has 0 aliphatic carbocycles. The summed E-state index contributed by atoms with van der Waals surface area (Å²) in [6.45, 7) is 8.43. The van der Waals surface area contributed by atoms with Crippen molar-refractivity contribution in [2.24, 2.45) is 0 Å². The smallest absolute Gasteiger partial charge is 0.350 e. The maximum absolute atomic E-state index is 16.0. The lowest BCUT2D eigenvalue weighted by molar-refractivity contribution is -0.126. The normalized spacial score (nSPS) is 15.4. The van der Waals surface area contributed by atoms with Crippen molar-refractivity contribution in [1.29, 1.82) is 0 Å². The monoisotopic (exact) mass is 594 g/mol. The number of fused-ring (bicyclic) bond motifs is 1. The van der Waals surface area contributed by atoms with Crippen molar-refractivity contribution in [1.82, 2.24) is 24.4 Å². The summed E-state index contributed by atoms with van der Waals surface area (Å²) in [4.78, 5) is 43.7. The number of pyridine rings is 2. The molecule has 2 atom stereocenters. The van der Waals surface area contributed by atoms with Crippen LogP contribution in [0.3, 0.4) is 0 Å². The maximum atomic E-state index is 16.0. The van der Waals surface area contributed by atoms with E-state index in [-0.39, 0.29) is 34.7 Å². The minimum atomic E-state index is -0.742. The molecule has 0 bridgehead atoms. The van der Waals surface area contributed by atoms with E-state index in [1.807, 2.05) is 18.7 Å². The van der Waals surface area contributed by atoms with E-state index in [2.05, 4.69) is 30.8 Å². The third-order valence-corrected chi connectivity index (χ3v) is 8.40. The molecule has 1 saturated heterocycles. The second kappa shape index (κ2) is 11.7. The number of benzene rings is 1. The van der Waals surface area contributed by atoms with Gasteiger partial charge in [-0.15, -0.1) is 21.0 Å². The lowest BCUT2D eigenvalue weighted by atomic mass is 10.1. The molecule has 0 radical (unpaired) electrons. The van der Waals surface area contributed by atoms with Crippen LogP contribution in [0, 0.1) is 18.6 Å². The fourth-order valence-electron chi connectivity index (χ4n) is 5.27. The zero-order valence-corrected chi connectivity index (χ0v) is 24.9. The average molecular weight is 595 g/mol. The van der Waals surface area contributed by atoms with Crippen LogP contribution in [0.2, 0.25) is 0 Å². The standard InChI is InChI=1S/C29H29F2N6O2PS/c1-5-23(38)35-11-12-36(17(3)14-35)27-18-13-20(31)25(24-19(30)7-6-8-22(24)41-4)33-28(18)37(29(39)34-27)26-16(2)9-10-32-21(26)15-40/h5-10,13,17H,1,11-12,14-15,40H2,2-4H3/t17-/m0/s1. The highest BCUT2D eigenvalue weighted by atomic mass is 32.2. The Balaban J connectivity index is 1.83. The van der Waals surface area contributed by atoms with Gasteiger partial charge in [0.2, 0.25) is 5.91 Å². The number of anilines is 1. The van der Waals surface area contributed by atoms with Gasteiger partial charge in [0.05, 0.1) is 22.3 Å². The number of aryl methyl sites for hydroxylation is 1. The van der Waals surface area contributed by atoms with Crippen LogP contribution < -0.4 is 10.6 Å². The quantitative estimate of drug-likeness (QED) is 0.181. The Morgan fingerprint density at radius 1 is 1.22 bits per heavy atom. The van der Waals surface area contributed by atoms with Crippen LogP contribution in [0.4, 0.5) is 14.6 Å². The predicted octanol–water partition coefficient (Wildman–Crippen LogP) is 4.75. The van der Waals surface area contributed by atoms with Crippen LogP contribution >= 0.6 is 21.0 Å². The van der Waals surface area contributed by atoms with Crippen molar-refractivity contribution in [3.8, 4) is 16.9 Å². The number of rotatable bonds is 6. The van der Waals surface area contributed by atoms with Crippen molar-refractivity contribution < 1.29 is 13.6 Å². The molecule has 212 valence electrons. The SMILES string of the molecule is C=CC(=O)N1CCN(c2nc(=O)n(-c3c(C)ccnc3CP)c3nc(-c4c(F)cccc4SC)c(F)cc23)[C@@H](C)C1. The minimum absolute atomic E-state index is 0.0239. The van der Waals surface area contributed by atoms with Crippen LogP contribution in [-0.2, 0) is 11.0 Å². The van der Waals surface area contributed by atoms with E-state index in [1.54, 1.807) is 35.6 Å². The summed E-state index contributed by atoms with van der Waals surface area (Å²) in [6, 6.07) is 7.32. The van der Waals surface area contributed by atoms with Crippen LogP contribution in [0.25, 0.3) is 28.0 Å². The van der Waals surface area contributed by atoms with Gasteiger partial charge in [-0.25, -0.2) is 23.1 Å². The summed E-state index contributed by atoms with van der Waals surface area (Å²) in [5, 5.41) is 0.293. The third-order valence-electron chi connectivity index (χ3n) is 7.24. The maximum Gasteiger partial charge on any atom is 0.355 e. The summed E-state index contributed by atoms with van der Waals surface area (Å²) >= 11 is 1.27. The highest BCUT2D eigenvalue weighted by Crippen LogP contribution is 2.36. The summed E-state index contributed by atoms with van der Waals surface area (Å²) in [6.07, 6.45) is 5.14. The van der Waals surface area contributed by atoms with Gasteiger partial charge in [-0.3, -0.25) is 9.78 Å². The molecule has 1 aliphatic rings. The van der Waals surface area contributed by atoms with Gasteiger partial charge in [0.1, 0.15) is 17.3 Å². The fraction of sp³-hybridized carbons (Fsp3) is 0.276. The van der Waals surface area contributed by atoms with Crippen molar-refractivity contribution in [3.63, 3.8) is 0 Å². The number of carbonyl (C=O) groups excluding carboxylic acids is 1. The number of nitrogens with zero attached hydrogens (tertiary/aromatic N) is 6. The van der Waals surface area contributed by atoms with Gasteiger partial charge in [0.25, 0.3) is 0 Å². The van der Waals surface area contributed by atoms with Crippen molar-refractivity contribution in [2.75, 3.05) is 30.8 Å². The molecule has 0 saturated carbocycles. The summed E-state index contributed by atoms with van der Waals surface area (Å²) < 4.78 is 32.5. The molecule has 1 aliphatic heterocycles. The zero-order valence-electron chi connectivity index (χ0n) is 22.9. The second-order valence-electron chi connectivity index (χ2n) is 9.72. The van der Waals surface area contributed by atoms with Crippen molar-refractivity contribution in [2.45, 2.75) is 30.9 Å². The lowest BCUT2D eigenvalue weighted by Gasteiger charge is -2.40. The minimum Gasteiger partial charge on any atom is -0.350 e.